The molecule has 0 saturated carbocycles. The summed E-state index contributed by atoms with van der Waals surface area (Å²) >= 11 is 2.74. The van der Waals surface area contributed by atoms with Gasteiger partial charge in [0.2, 0.25) is 11.8 Å². The van der Waals surface area contributed by atoms with Crippen LogP contribution in [0, 0.1) is 0 Å². The largest absolute Gasteiger partial charge is 0.462 e. The van der Waals surface area contributed by atoms with Crippen LogP contribution < -0.4 is 10.6 Å². The molecule has 4 aromatic rings. The molecule has 0 atom stereocenters. The van der Waals surface area contributed by atoms with Gasteiger partial charge < -0.3 is 19.9 Å². The third kappa shape index (κ3) is 7.46. The molecule has 0 saturated heterocycles. The van der Waals surface area contributed by atoms with E-state index in [1.807, 2.05) is 53.1 Å². The average molecular weight is 604 g/mol. The highest BCUT2D eigenvalue weighted by molar-refractivity contribution is 7.99. The Morgan fingerprint density at radius 3 is 2.45 bits per heavy atom. The van der Waals surface area contributed by atoms with E-state index >= 15 is 0 Å². The highest BCUT2D eigenvalue weighted by Gasteiger charge is 2.28. The van der Waals surface area contributed by atoms with Crippen LogP contribution in [0.3, 0.4) is 0 Å². The molecule has 2 aromatic heterocycles. The van der Waals surface area contributed by atoms with Crippen LogP contribution >= 0.6 is 23.1 Å². The van der Waals surface area contributed by atoms with Crippen LogP contribution in [0.4, 0.5) is 5.00 Å². The zero-order chi connectivity index (χ0) is 29.3. The first-order valence-electron chi connectivity index (χ1n) is 14.0. The lowest BCUT2D eigenvalue weighted by Crippen LogP contribution is -2.26. The third-order valence-electron chi connectivity index (χ3n) is 6.90. The molecule has 9 nitrogen and oxygen atoms in total. The average Bonchev–Trinajstić information content (AvgIpc) is 3.69. The first-order chi connectivity index (χ1) is 20.5. The molecular formula is C31H33N5O4S2. The highest BCUT2D eigenvalue weighted by Crippen LogP contribution is 2.39. The van der Waals surface area contributed by atoms with Crippen molar-refractivity contribution in [2.75, 3.05) is 17.7 Å². The Hall–Kier alpha value is -3.96. The molecule has 0 bridgehead atoms. The van der Waals surface area contributed by atoms with Crippen molar-refractivity contribution in [3.63, 3.8) is 0 Å². The summed E-state index contributed by atoms with van der Waals surface area (Å²) in [5, 5.41) is 15.7. The number of ether oxygens (including phenoxy) is 1. The number of benzene rings is 2. The smallest absolute Gasteiger partial charge is 0.341 e. The standard InChI is InChI=1S/C31H33N5O4S2/c1-2-40-30(39)28-23-14-9-15-24(23)42-29(28)33-27(38)20-41-31-35-34-25(36(31)17-16-21-10-5-3-6-11-21)19-32-26(37)18-22-12-7-4-8-13-22/h3-8,10-13H,2,9,14-20H2,1H3,(H,32,37)(H,33,38). The summed E-state index contributed by atoms with van der Waals surface area (Å²) < 4.78 is 7.23. The van der Waals surface area contributed by atoms with Crippen molar-refractivity contribution < 1.29 is 19.1 Å². The van der Waals surface area contributed by atoms with Crippen LogP contribution in [0.1, 0.15) is 51.1 Å². The molecule has 2 N–H and O–H groups in total. The van der Waals surface area contributed by atoms with E-state index in [1.165, 1.54) is 23.1 Å². The van der Waals surface area contributed by atoms with E-state index in [-0.39, 0.29) is 43.1 Å². The summed E-state index contributed by atoms with van der Waals surface area (Å²) in [6.07, 6.45) is 3.76. The molecule has 11 heteroatoms. The minimum absolute atomic E-state index is 0.0919. The van der Waals surface area contributed by atoms with Crippen LogP contribution in [0.2, 0.25) is 0 Å². The predicted octanol–water partition coefficient (Wildman–Crippen LogP) is 4.84. The number of carbonyl (C=O) groups is 3. The van der Waals surface area contributed by atoms with E-state index in [0.29, 0.717) is 28.1 Å². The Kier molecular flexibility index (Phi) is 10.0. The van der Waals surface area contributed by atoms with Gasteiger partial charge in [-0.25, -0.2) is 4.79 Å². The number of rotatable bonds is 13. The number of thiophene rings is 1. The monoisotopic (exact) mass is 603 g/mol. The van der Waals surface area contributed by atoms with Gasteiger partial charge in [0, 0.05) is 11.4 Å². The van der Waals surface area contributed by atoms with Crippen LogP contribution in [0.15, 0.2) is 65.8 Å². The number of nitrogens with one attached hydrogen (secondary N) is 2. The lowest BCUT2D eigenvalue weighted by molar-refractivity contribution is -0.120. The zero-order valence-electron chi connectivity index (χ0n) is 23.4. The first kappa shape index (κ1) is 29.5. The number of hydrogen-bond acceptors (Lipinski definition) is 8. The minimum atomic E-state index is -0.389. The summed E-state index contributed by atoms with van der Waals surface area (Å²) in [5.74, 6) is -0.0169. The van der Waals surface area contributed by atoms with Crippen LogP contribution in [0.25, 0.3) is 0 Å². The van der Waals surface area contributed by atoms with Crippen molar-refractivity contribution in [1.29, 1.82) is 0 Å². The van der Waals surface area contributed by atoms with Gasteiger partial charge >= 0.3 is 5.97 Å². The number of aryl methyl sites for hydroxylation is 2. The number of aromatic nitrogens is 3. The molecule has 2 amide bonds. The lowest BCUT2D eigenvalue weighted by Gasteiger charge is -2.12. The second-order valence-corrected chi connectivity index (χ2v) is 11.9. The number of nitrogens with zero attached hydrogens (tertiary/aromatic N) is 3. The third-order valence-corrected chi connectivity index (χ3v) is 9.07. The second kappa shape index (κ2) is 14.3. The van der Waals surface area contributed by atoms with Crippen molar-refractivity contribution in [3.8, 4) is 0 Å². The molecule has 0 aliphatic heterocycles. The van der Waals surface area contributed by atoms with Gasteiger partial charge in [0.25, 0.3) is 0 Å². The van der Waals surface area contributed by atoms with Gasteiger partial charge in [-0.15, -0.1) is 21.5 Å². The van der Waals surface area contributed by atoms with E-state index in [9.17, 15) is 14.4 Å². The minimum Gasteiger partial charge on any atom is -0.462 e. The molecule has 0 spiro atoms. The maximum Gasteiger partial charge on any atom is 0.341 e. The van der Waals surface area contributed by atoms with Crippen molar-refractivity contribution in [3.05, 3.63) is 93.6 Å². The van der Waals surface area contributed by atoms with Crippen molar-refractivity contribution in [1.82, 2.24) is 20.1 Å². The predicted molar refractivity (Wildman–Crippen MR) is 164 cm³/mol. The van der Waals surface area contributed by atoms with Crippen molar-refractivity contribution in [2.24, 2.45) is 0 Å². The number of anilines is 1. The Morgan fingerprint density at radius 2 is 1.71 bits per heavy atom. The quantitative estimate of drug-likeness (QED) is 0.166. The summed E-state index contributed by atoms with van der Waals surface area (Å²) in [7, 11) is 0. The molecule has 2 heterocycles. The maximum absolute atomic E-state index is 13.0. The Bertz CT molecular complexity index is 1540. The maximum atomic E-state index is 13.0. The molecule has 42 heavy (non-hydrogen) atoms. The first-order valence-corrected chi connectivity index (χ1v) is 15.8. The topological polar surface area (TPSA) is 115 Å². The second-order valence-electron chi connectivity index (χ2n) is 9.84. The summed E-state index contributed by atoms with van der Waals surface area (Å²) in [6, 6.07) is 19.7. The molecule has 0 fully saturated rings. The molecule has 1 aliphatic carbocycles. The fourth-order valence-electron chi connectivity index (χ4n) is 4.89. The normalized spacial score (nSPS) is 12.1. The zero-order valence-corrected chi connectivity index (χ0v) is 25.1. The number of amides is 2. The van der Waals surface area contributed by atoms with E-state index in [1.54, 1.807) is 6.92 Å². The number of hydrogen-bond donors (Lipinski definition) is 2. The number of esters is 1. The Labute approximate surface area is 253 Å². The summed E-state index contributed by atoms with van der Waals surface area (Å²) in [4.78, 5) is 39.4. The van der Waals surface area contributed by atoms with Gasteiger partial charge in [0.15, 0.2) is 11.0 Å². The van der Waals surface area contributed by atoms with E-state index in [0.717, 1.165) is 47.3 Å². The summed E-state index contributed by atoms with van der Waals surface area (Å²) in [6.45, 7) is 2.87. The molecule has 0 unspecified atom stereocenters. The van der Waals surface area contributed by atoms with Gasteiger partial charge in [-0.1, -0.05) is 72.4 Å². The lowest BCUT2D eigenvalue weighted by atomic mass is 10.1. The van der Waals surface area contributed by atoms with Gasteiger partial charge in [-0.2, -0.15) is 0 Å². The molecule has 5 rings (SSSR count). The number of carbonyl (C=O) groups excluding carboxylic acids is 3. The van der Waals surface area contributed by atoms with E-state index in [2.05, 4.69) is 33.0 Å². The van der Waals surface area contributed by atoms with Gasteiger partial charge in [0.1, 0.15) is 5.00 Å². The fourth-order valence-corrected chi connectivity index (χ4v) is 6.97. The fraction of sp³-hybridized carbons (Fsp3) is 0.323. The van der Waals surface area contributed by atoms with Gasteiger partial charge in [-0.05, 0) is 49.3 Å². The van der Waals surface area contributed by atoms with Crippen LogP contribution in [-0.4, -0.2) is 44.9 Å². The number of thioether (sulfide) groups is 1. The molecule has 0 radical (unpaired) electrons. The van der Waals surface area contributed by atoms with Crippen LogP contribution in [-0.2, 0) is 53.1 Å². The van der Waals surface area contributed by atoms with Gasteiger partial charge in [-0.3, -0.25) is 9.59 Å². The van der Waals surface area contributed by atoms with Crippen LogP contribution in [0.5, 0.6) is 0 Å². The van der Waals surface area contributed by atoms with E-state index in [4.69, 9.17) is 4.74 Å². The van der Waals surface area contributed by atoms with Crippen molar-refractivity contribution in [2.45, 2.75) is 57.3 Å². The molecule has 2 aromatic carbocycles. The Morgan fingerprint density at radius 1 is 0.976 bits per heavy atom. The van der Waals surface area contributed by atoms with E-state index < -0.39 is 0 Å². The molecular weight excluding hydrogens is 571 g/mol. The SMILES string of the molecule is CCOC(=O)c1c(NC(=O)CSc2nnc(CNC(=O)Cc3ccccc3)n2CCc2ccccc2)sc2c1CCC2. The Balaban J connectivity index is 1.25. The molecule has 218 valence electrons. The summed E-state index contributed by atoms with van der Waals surface area (Å²) in [5.41, 5.74) is 3.59. The molecule has 1 aliphatic rings. The number of fused-ring (bicyclic) bond motifs is 1. The highest BCUT2D eigenvalue weighted by atomic mass is 32.2. The van der Waals surface area contributed by atoms with Crippen molar-refractivity contribution >= 4 is 45.9 Å². The van der Waals surface area contributed by atoms with Gasteiger partial charge in [0.05, 0.1) is 30.9 Å².